The molecule has 1 rings (SSSR count). The molecule has 1 heterocycles. The largest absolute Gasteiger partial charge is 0.289 e. The Morgan fingerprint density at radius 1 is 1.29 bits per heavy atom. The molecular formula is C11H17F2N. The number of aryl methyl sites for hydroxylation is 1. The van der Waals surface area contributed by atoms with Gasteiger partial charge in [0.25, 0.3) is 5.92 Å². The minimum absolute atomic E-state index is 0.143. The fraction of sp³-hybridized carbons (Fsp3) is 0.545. The van der Waals surface area contributed by atoms with E-state index in [0.29, 0.717) is 0 Å². The monoisotopic (exact) mass is 201 g/mol. The van der Waals surface area contributed by atoms with E-state index in [9.17, 15) is 8.78 Å². The molecule has 0 amide bonds. The number of aromatic nitrogens is 1. The van der Waals surface area contributed by atoms with Crippen LogP contribution in [0.25, 0.3) is 0 Å². The van der Waals surface area contributed by atoms with Gasteiger partial charge in [0.1, 0.15) is 5.69 Å². The Hall–Kier alpha value is -0.990. The first-order valence-corrected chi connectivity index (χ1v) is 4.87. The van der Waals surface area contributed by atoms with E-state index >= 15 is 0 Å². The average Bonchev–Trinajstić information content (AvgIpc) is 2.21. The standard InChI is InChI=1S/C9H11F2N.C2H6/c1-3-9(10,11)8-5-4-7(2)6-12-8;1-2/h4-6H,3H2,1-2H3;1-2H3. The quantitative estimate of drug-likeness (QED) is 0.706. The Bertz CT molecular complexity index is 254. The van der Waals surface area contributed by atoms with Crippen LogP contribution < -0.4 is 0 Å². The molecule has 0 bridgehead atoms. The molecule has 0 atom stereocenters. The smallest absolute Gasteiger partial charge is 0.255 e. The number of rotatable bonds is 2. The van der Waals surface area contributed by atoms with Crippen LogP contribution in [0.2, 0.25) is 0 Å². The zero-order chi connectivity index (χ0) is 11.2. The Morgan fingerprint density at radius 2 is 1.86 bits per heavy atom. The van der Waals surface area contributed by atoms with Crippen molar-refractivity contribution in [1.82, 2.24) is 4.98 Å². The van der Waals surface area contributed by atoms with Crippen LogP contribution in [0.3, 0.4) is 0 Å². The van der Waals surface area contributed by atoms with Crippen LogP contribution >= 0.6 is 0 Å². The molecule has 14 heavy (non-hydrogen) atoms. The molecular weight excluding hydrogens is 184 g/mol. The molecule has 0 spiro atoms. The van der Waals surface area contributed by atoms with E-state index < -0.39 is 5.92 Å². The predicted octanol–water partition coefficient (Wildman–Crippen LogP) is 3.92. The Labute approximate surface area is 84.2 Å². The Morgan fingerprint density at radius 3 is 2.21 bits per heavy atom. The van der Waals surface area contributed by atoms with Crippen molar-refractivity contribution in [3.63, 3.8) is 0 Å². The number of hydrogen-bond donors (Lipinski definition) is 0. The molecule has 3 heteroatoms. The number of nitrogens with zero attached hydrogens (tertiary/aromatic N) is 1. The van der Waals surface area contributed by atoms with Gasteiger partial charge in [-0.1, -0.05) is 26.8 Å². The number of halogens is 2. The summed E-state index contributed by atoms with van der Waals surface area (Å²) in [6.07, 6.45) is 1.25. The summed E-state index contributed by atoms with van der Waals surface area (Å²) in [6.45, 7) is 7.27. The van der Waals surface area contributed by atoms with E-state index in [4.69, 9.17) is 0 Å². The fourth-order valence-electron chi connectivity index (χ4n) is 0.865. The zero-order valence-corrected chi connectivity index (χ0v) is 9.14. The molecule has 0 saturated carbocycles. The zero-order valence-electron chi connectivity index (χ0n) is 9.14. The second-order valence-electron chi connectivity index (χ2n) is 2.78. The van der Waals surface area contributed by atoms with Crippen molar-refractivity contribution in [1.29, 1.82) is 0 Å². The van der Waals surface area contributed by atoms with Crippen molar-refractivity contribution in [3.8, 4) is 0 Å². The van der Waals surface area contributed by atoms with Crippen LogP contribution in [0.5, 0.6) is 0 Å². The van der Waals surface area contributed by atoms with Gasteiger partial charge in [-0.3, -0.25) is 4.98 Å². The summed E-state index contributed by atoms with van der Waals surface area (Å²) in [4.78, 5) is 3.67. The van der Waals surface area contributed by atoms with Crippen LogP contribution in [0.1, 0.15) is 38.4 Å². The van der Waals surface area contributed by atoms with Gasteiger partial charge in [-0.05, 0) is 18.6 Å². The van der Waals surface area contributed by atoms with Gasteiger partial charge in [-0.15, -0.1) is 0 Å². The lowest BCUT2D eigenvalue weighted by molar-refractivity contribution is -0.0128. The first kappa shape index (κ1) is 13.0. The highest BCUT2D eigenvalue weighted by molar-refractivity contribution is 5.15. The third-order valence-corrected chi connectivity index (χ3v) is 1.73. The average molecular weight is 201 g/mol. The van der Waals surface area contributed by atoms with Crippen molar-refractivity contribution in [3.05, 3.63) is 29.6 Å². The summed E-state index contributed by atoms with van der Waals surface area (Å²) in [5.74, 6) is -2.78. The van der Waals surface area contributed by atoms with Crippen molar-refractivity contribution in [2.75, 3.05) is 0 Å². The van der Waals surface area contributed by atoms with Crippen molar-refractivity contribution in [2.45, 2.75) is 40.0 Å². The molecule has 0 radical (unpaired) electrons. The first-order valence-electron chi connectivity index (χ1n) is 4.87. The molecule has 1 nitrogen and oxygen atoms in total. The van der Waals surface area contributed by atoms with E-state index in [1.54, 1.807) is 6.07 Å². The van der Waals surface area contributed by atoms with Gasteiger partial charge in [0.15, 0.2) is 0 Å². The van der Waals surface area contributed by atoms with E-state index in [0.717, 1.165) is 5.56 Å². The van der Waals surface area contributed by atoms with Crippen molar-refractivity contribution < 1.29 is 8.78 Å². The molecule has 0 unspecified atom stereocenters. The van der Waals surface area contributed by atoms with Crippen LogP contribution in [0.4, 0.5) is 8.78 Å². The molecule has 0 aliphatic carbocycles. The molecule has 0 aliphatic rings. The summed E-state index contributed by atoms with van der Waals surface area (Å²) in [5.41, 5.74) is 0.751. The molecule has 0 aliphatic heterocycles. The van der Waals surface area contributed by atoms with Crippen LogP contribution in [0.15, 0.2) is 18.3 Å². The van der Waals surface area contributed by atoms with E-state index in [1.807, 2.05) is 20.8 Å². The predicted molar refractivity (Wildman–Crippen MR) is 54.5 cm³/mol. The Kier molecular flexibility index (Phi) is 5.28. The molecule has 1 aromatic heterocycles. The lowest BCUT2D eigenvalue weighted by atomic mass is 10.1. The van der Waals surface area contributed by atoms with Crippen molar-refractivity contribution >= 4 is 0 Å². The number of hydrogen-bond acceptors (Lipinski definition) is 1. The second-order valence-corrected chi connectivity index (χ2v) is 2.78. The number of pyridine rings is 1. The minimum atomic E-state index is -2.78. The van der Waals surface area contributed by atoms with E-state index in [-0.39, 0.29) is 12.1 Å². The number of alkyl halides is 2. The van der Waals surface area contributed by atoms with E-state index in [1.165, 1.54) is 19.2 Å². The van der Waals surface area contributed by atoms with Gasteiger partial charge in [-0.25, -0.2) is 0 Å². The summed E-state index contributed by atoms with van der Waals surface area (Å²) in [7, 11) is 0. The molecule has 80 valence electrons. The topological polar surface area (TPSA) is 12.9 Å². The highest BCUT2D eigenvalue weighted by atomic mass is 19.3. The highest BCUT2D eigenvalue weighted by Gasteiger charge is 2.30. The van der Waals surface area contributed by atoms with Crippen LogP contribution in [0, 0.1) is 6.92 Å². The fourth-order valence-corrected chi connectivity index (χ4v) is 0.865. The van der Waals surface area contributed by atoms with Crippen LogP contribution in [-0.4, -0.2) is 4.98 Å². The maximum atomic E-state index is 13.0. The highest BCUT2D eigenvalue weighted by Crippen LogP contribution is 2.29. The van der Waals surface area contributed by atoms with Gasteiger partial charge in [-0.2, -0.15) is 8.78 Å². The lowest BCUT2D eigenvalue weighted by Gasteiger charge is -2.12. The van der Waals surface area contributed by atoms with Gasteiger partial charge >= 0.3 is 0 Å². The first-order chi connectivity index (χ1) is 6.56. The van der Waals surface area contributed by atoms with Gasteiger partial charge < -0.3 is 0 Å². The lowest BCUT2D eigenvalue weighted by Crippen LogP contribution is -2.13. The maximum absolute atomic E-state index is 13.0. The summed E-state index contributed by atoms with van der Waals surface area (Å²) in [5, 5.41) is 0. The third kappa shape index (κ3) is 3.40. The minimum Gasteiger partial charge on any atom is -0.255 e. The molecule has 0 fully saturated rings. The summed E-state index contributed by atoms with van der Waals surface area (Å²) < 4.78 is 25.9. The molecule has 1 aromatic rings. The second kappa shape index (κ2) is 5.68. The third-order valence-electron chi connectivity index (χ3n) is 1.73. The summed E-state index contributed by atoms with van der Waals surface area (Å²) in [6, 6.07) is 3.02. The van der Waals surface area contributed by atoms with Crippen LogP contribution in [-0.2, 0) is 5.92 Å². The molecule has 0 N–H and O–H groups in total. The normalized spacial score (nSPS) is 10.4. The SMILES string of the molecule is CC.CCC(F)(F)c1ccc(C)cn1. The van der Waals surface area contributed by atoms with E-state index in [2.05, 4.69) is 4.98 Å². The van der Waals surface area contributed by atoms with Crippen molar-refractivity contribution in [2.24, 2.45) is 0 Å². The maximum Gasteiger partial charge on any atom is 0.289 e. The molecule has 0 saturated heterocycles. The van der Waals surface area contributed by atoms with Gasteiger partial charge in [0, 0.05) is 12.6 Å². The summed E-state index contributed by atoms with van der Waals surface area (Å²) >= 11 is 0. The van der Waals surface area contributed by atoms with Gasteiger partial charge in [0.05, 0.1) is 0 Å². The molecule has 0 aromatic carbocycles. The Balaban J connectivity index is 0.000000791. The van der Waals surface area contributed by atoms with Gasteiger partial charge in [0.2, 0.25) is 0 Å².